The molecule has 1 N–H and O–H groups in total. The molecule has 0 aliphatic carbocycles. The molecule has 0 radical (unpaired) electrons. The van der Waals surface area contributed by atoms with Crippen LogP contribution in [0, 0.1) is 0 Å². The summed E-state index contributed by atoms with van der Waals surface area (Å²) in [6, 6.07) is 0. The minimum absolute atomic E-state index is 0.263. The van der Waals surface area contributed by atoms with Crippen molar-refractivity contribution in [2.45, 2.75) is 51.7 Å². The van der Waals surface area contributed by atoms with Gasteiger partial charge in [0.1, 0.15) is 0 Å². The highest BCUT2D eigenvalue weighted by molar-refractivity contribution is 7.99. The summed E-state index contributed by atoms with van der Waals surface area (Å²) in [6.07, 6.45) is 4.34. The Balaban J connectivity index is 1.84. The first-order valence-corrected chi connectivity index (χ1v) is 7.18. The topological polar surface area (TPSA) is 21.3 Å². The average molecular weight is 231 g/mol. The second kappa shape index (κ2) is 6.77. The van der Waals surface area contributed by atoms with E-state index in [1.165, 1.54) is 30.8 Å². The molecule has 0 spiro atoms. The third-order valence-electron chi connectivity index (χ3n) is 2.45. The second-order valence-corrected chi connectivity index (χ2v) is 6.39. The van der Waals surface area contributed by atoms with E-state index in [1.54, 1.807) is 0 Å². The Morgan fingerprint density at radius 3 is 2.80 bits per heavy atom. The minimum atomic E-state index is 0.263. The van der Waals surface area contributed by atoms with E-state index >= 15 is 0 Å². The summed E-state index contributed by atoms with van der Waals surface area (Å²) in [5, 5.41) is 3.51. The van der Waals surface area contributed by atoms with Crippen LogP contribution >= 0.6 is 11.8 Å². The van der Waals surface area contributed by atoms with Crippen molar-refractivity contribution in [2.24, 2.45) is 0 Å². The standard InChI is InChI=1S/C12H25NOS/c1-12(2,3)13-7-5-9-15-10-11-6-4-8-14-11/h11,13H,4-10H2,1-3H3. The molecule has 0 saturated carbocycles. The maximum Gasteiger partial charge on any atom is 0.0666 e. The van der Waals surface area contributed by atoms with Crippen molar-refractivity contribution >= 4 is 11.8 Å². The number of ether oxygens (including phenoxy) is 1. The third-order valence-corrected chi connectivity index (χ3v) is 3.63. The lowest BCUT2D eigenvalue weighted by Gasteiger charge is -2.20. The zero-order chi connectivity index (χ0) is 11.1. The summed E-state index contributed by atoms with van der Waals surface area (Å²) >= 11 is 2.04. The van der Waals surface area contributed by atoms with Gasteiger partial charge in [0.05, 0.1) is 6.10 Å². The van der Waals surface area contributed by atoms with Crippen molar-refractivity contribution in [2.75, 3.05) is 24.7 Å². The Morgan fingerprint density at radius 2 is 2.20 bits per heavy atom. The molecule has 0 aromatic heterocycles. The molecule has 0 aromatic rings. The molecule has 1 unspecified atom stereocenters. The van der Waals surface area contributed by atoms with E-state index in [0.29, 0.717) is 6.10 Å². The monoisotopic (exact) mass is 231 g/mol. The molecule has 0 aromatic carbocycles. The number of rotatable bonds is 6. The van der Waals surface area contributed by atoms with E-state index < -0.39 is 0 Å². The van der Waals surface area contributed by atoms with Crippen LogP contribution in [0.2, 0.25) is 0 Å². The molecule has 0 bridgehead atoms. The summed E-state index contributed by atoms with van der Waals surface area (Å²) in [6.45, 7) is 8.75. The maximum atomic E-state index is 5.58. The molecule has 1 aliphatic heterocycles. The maximum absolute atomic E-state index is 5.58. The molecule has 1 aliphatic rings. The van der Waals surface area contributed by atoms with Gasteiger partial charge in [0.2, 0.25) is 0 Å². The van der Waals surface area contributed by atoms with Crippen molar-refractivity contribution in [3.63, 3.8) is 0 Å². The van der Waals surface area contributed by atoms with Gasteiger partial charge in [0, 0.05) is 17.9 Å². The van der Waals surface area contributed by atoms with Crippen LogP contribution < -0.4 is 5.32 Å². The minimum Gasteiger partial charge on any atom is -0.377 e. The fourth-order valence-corrected chi connectivity index (χ4v) is 2.67. The average Bonchev–Trinajstić information content (AvgIpc) is 2.61. The first-order valence-electron chi connectivity index (χ1n) is 6.02. The highest BCUT2D eigenvalue weighted by atomic mass is 32.2. The van der Waals surface area contributed by atoms with Gasteiger partial charge < -0.3 is 10.1 Å². The van der Waals surface area contributed by atoms with Crippen LogP contribution in [0.3, 0.4) is 0 Å². The third kappa shape index (κ3) is 7.20. The van der Waals surface area contributed by atoms with Gasteiger partial charge in [-0.05, 0) is 52.3 Å². The van der Waals surface area contributed by atoms with Crippen molar-refractivity contribution < 1.29 is 4.74 Å². The van der Waals surface area contributed by atoms with Crippen molar-refractivity contribution in [1.82, 2.24) is 5.32 Å². The number of nitrogens with one attached hydrogen (secondary N) is 1. The molecule has 1 heterocycles. The zero-order valence-electron chi connectivity index (χ0n) is 10.3. The zero-order valence-corrected chi connectivity index (χ0v) is 11.2. The van der Waals surface area contributed by atoms with Crippen LogP contribution in [-0.4, -0.2) is 36.3 Å². The summed E-state index contributed by atoms with van der Waals surface area (Å²) in [7, 11) is 0. The van der Waals surface area contributed by atoms with E-state index in [4.69, 9.17) is 4.74 Å². The Labute approximate surface area is 98.5 Å². The van der Waals surface area contributed by atoms with E-state index in [1.807, 2.05) is 11.8 Å². The lowest BCUT2D eigenvalue weighted by molar-refractivity contribution is 0.129. The van der Waals surface area contributed by atoms with Gasteiger partial charge in [-0.3, -0.25) is 0 Å². The highest BCUT2D eigenvalue weighted by Gasteiger charge is 2.14. The van der Waals surface area contributed by atoms with E-state index in [9.17, 15) is 0 Å². The molecule has 0 amide bonds. The second-order valence-electron chi connectivity index (χ2n) is 5.24. The van der Waals surface area contributed by atoms with Gasteiger partial charge in [-0.25, -0.2) is 0 Å². The largest absolute Gasteiger partial charge is 0.377 e. The Bertz CT molecular complexity index is 161. The number of hydrogen-bond acceptors (Lipinski definition) is 3. The Kier molecular flexibility index (Phi) is 6.02. The molecule has 1 rings (SSSR count). The van der Waals surface area contributed by atoms with Gasteiger partial charge in [-0.2, -0.15) is 11.8 Å². The summed E-state index contributed by atoms with van der Waals surface area (Å²) in [4.78, 5) is 0. The van der Waals surface area contributed by atoms with Crippen LogP contribution in [0.1, 0.15) is 40.0 Å². The SMILES string of the molecule is CC(C)(C)NCCCSCC1CCCO1. The van der Waals surface area contributed by atoms with Crippen molar-refractivity contribution in [3.05, 3.63) is 0 Å². The summed E-state index contributed by atoms with van der Waals surface area (Å²) < 4.78 is 5.58. The summed E-state index contributed by atoms with van der Waals surface area (Å²) in [5.41, 5.74) is 0.263. The van der Waals surface area contributed by atoms with Crippen LogP contribution in [-0.2, 0) is 4.74 Å². The fourth-order valence-electron chi connectivity index (χ4n) is 1.63. The van der Waals surface area contributed by atoms with E-state index in [0.717, 1.165) is 13.2 Å². The Morgan fingerprint density at radius 1 is 1.40 bits per heavy atom. The molecular weight excluding hydrogens is 206 g/mol. The van der Waals surface area contributed by atoms with Crippen molar-refractivity contribution in [1.29, 1.82) is 0 Å². The van der Waals surface area contributed by atoms with E-state index in [2.05, 4.69) is 26.1 Å². The van der Waals surface area contributed by atoms with Gasteiger partial charge in [-0.15, -0.1) is 0 Å². The predicted octanol–water partition coefficient (Wildman–Crippen LogP) is 2.68. The molecule has 1 saturated heterocycles. The molecule has 1 atom stereocenters. The lowest BCUT2D eigenvalue weighted by Crippen LogP contribution is -2.36. The molecular formula is C12H25NOS. The van der Waals surface area contributed by atoms with Gasteiger partial charge >= 0.3 is 0 Å². The smallest absolute Gasteiger partial charge is 0.0666 e. The Hall–Kier alpha value is 0.270. The fraction of sp³-hybridized carbons (Fsp3) is 1.00. The molecule has 2 nitrogen and oxygen atoms in total. The normalized spacial score (nSPS) is 22.2. The number of thioether (sulfide) groups is 1. The summed E-state index contributed by atoms with van der Waals surface area (Å²) in [5.74, 6) is 2.44. The quantitative estimate of drug-likeness (QED) is 0.710. The van der Waals surface area contributed by atoms with Crippen LogP contribution in [0.25, 0.3) is 0 Å². The van der Waals surface area contributed by atoms with Crippen LogP contribution in [0.15, 0.2) is 0 Å². The highest BCUT2D eigenvalue weighted by Crippen LogP contribution is 2.17. The molecule has 90 valence electrons. The molecule has 3 heteroatoms. The predicted molar refractivity (Wildman–Crippen MR) is 68.7 cm³/mol. The molecule has 1 fully saturated rings. The molecule has 15 heavy (non-hydrogen) atoms. The lowest BCUT2D eigenvalue weighted by atomic mass is 10.1. The van der Waals surface area contributed by atoms with Gasteiger partial charge in [-0.1, -0.05) is 0 Å². The van der Waals surface area contributed by atoms with E-state index in [-0.39, 0.29) is 5.54 Å². The van der Waals surface area contributed by atoms with Crippen LogP contribution in [0.4, 0.5) is 0 Å². The first kappa shape index (κ1) is 13.3. The van der Waals surface area contributed by atoms with Crippen LogP contribution in [0.5, 0.6) is 0 Å². The number of hydrogen-bond donors (Lipinski definition) is 1. The van der Waals surface area contributed by atoms with Crippen molar-refractivity contribution in [3.8, 4) is 0 Å². The first-order chi connectivity index (χ1) is 7.08. The van der Waals surface area contributed by atoms with Gasteiger partial charge in [0.25, 0.3) is 0 Å². The van der Waals surface area contributed by atoms with Gasteiger partial charge in [0.15, 0.2) is 0 Å².